The van der Waals surface area contributed by atoms with E-state index in [0.29, 0.717) is 40.6 Å². The van der Waals surface area contributed by atoms with E-state index in [2.05, 4.69) is 4.98 Å². The molecule has 1 aromatic heterocycles. The van der Waals surface area contributed by atoms with Gasteiger partial charge in [0.25, 0.3) is 5.91 Å². The Morgan fingerprint density at radius 2 is 2.04 bits per heavy atom. The average Bonchev–Trinajstić information content (AvgIpc) is 3.27. The summed E-state index contributed by atoms with van der Waals surface area (Å²) >= 11 is 5.91. The Kier molecular flexibility index (Phi) is 4.86. The standard InChI is InChI=1S/C20H19ClN2O4/c1-23(16-10-26-11-17(16)24)20(25)13-4-7-18-15(9-13)22-19(27-18)8-12-2-5-14(21)6-3-12/h2-7,9,16-17,24H,8,10-11H2,1H3/t16-,17-/m1/s1. The molecule has 7 heteroatoms. The van der Waals surface area contributed by atoms with Crippen molar-refractivity contribution in [2.75, 3.05) is 20.3 Å². The molecule has 1 aliphatic heterocycles. The summed E-state index contributed by atoms with van der Waals surface area (Å²) in [6, 6.07) is 12.3. The summed E-state index contributed by atoms with van der Waals surface area (Å²) in [6.07, 6.45) is -0.124. The number of ether oxygens (including phenoxy) is 1. The normalized spacial score (nSPS) is 19.5. The number of benzene rings is 2. The molecule has 27 heavy (non-hydrogen) atoms. The predicted molar refractivity (Wildman–Crippen MR) is 101 cm³/mol. The molecule has 1 amide bonds. The second kappa shape index (κ2) is 7.31. The minimum Gasteiger partial charge on any atom is -0.440 e. The minimum atomic E-state index is -0.666. The molecule has 1 N–H and O–H groups in total. The maximum Gasteiger partial charge on any atom is 0.254 e. The van der Waals surface area contributed by atoms with Crippen LogP contribution in [-0.2, 0) is 11.2 Å². The summed E-state index contributed by atoms with van der Waals surface area (Å²) in [4.78, 5) is 18.8. The van der Waals surface area contributed by atoms with Gasteiger partial charge in [0.05, 0.1) is 25.4 Å². The van der Waals surface area contributed by atoms with Crippen molar-refractivity contribution >= 4 is 28.6 Å². The number of aliphatic hydroxyl groups is 1. The monoisotopic (exact) mass is 386 g/mol. The lowest BCUT2D eigenvalue weighted by Gasteiger charge is -2.25. The first-order valence-corrected chi connectivity index (χ1v) is 9.06. The first-order valence-electron chi connectivity index (χ1n) is 8.68. The van der Waals surface area contributed by atoms with Crippen molar-refractivity contribution in [1.82, 2.24) is 9.88 Å². The lowest BCUT2D eigenvalue weighted by molar-refractivity contribution is 0.0581. The highest BCUT2D eigenvalue weighted by atomic mass is 35.5. The van der Waals surface area contributed by atoms with E-state index in [1.807, 2.05) is 24.3 Å². The number of hydrogen-bond acceptors (Lipinski definition) is 5. The van der Waals surface area contributed by atoms with Crippen LogP contribution in [0.3, 0.4) is 0 Å². The summed E-state index contributed by atoms with van der Waals surface area (Å²) in [6.45, 7) is 0.583. The SMILES string of the molecule is CN(C(=O)c1ccc2oc(Cc3ccc(Cl)cc3)nc2c1)[C@@H]1COC[C@H]1O. The number of aliphatic hydroxyl groups excluding tert-OH is 1. The van der Waals surface area contributed by atoms with Gasteiger partial charge in [0, 0.05) is 24.1 Å². The van der Waals surface area contributed by atoms with E-state index < -0.39 is 6.10 Å². The molecule has 2 aromatic carbocycles. The number of oxazole rings is 1. The summed E-state index contributed by atoms with van der Waals surface area (Å²) < 4.78 is 11.0. The van der Waals surface area contributed by atoms with Gasteiger partial charge in [0.1, 0.15) is 5.52 Å². The zero-order chi connectivity index (χ0) is 19.0. The summed E-state index contributed by atoms with van der Waals surface area (Å²) in [7, 11) is 1.67. The van der Waals surface area contributed by atoms with Crippen molar-refractivity contribution in [2.45, 2.75) is 18.6 Å². The average molecular weight is 387 g/mol. The van der Waals surface area contributed by atoms with Crippen molar-refractivity contribution in [3.63, 3.8) is 0 Å². The summed E-state index contributed by atoms with van der Waals surface area (Å²) in [5.74, 6) is 0.388. The Hall–Kier alpha value is -2.41. The maximum absolute atomic E-state index is 12.7. The second-order valence-corrected chi connectivity index (χ2v) is 7.12. The topological polar surface area (TPSA) is 75.8 Å². The number of carbonyl (C=O) groups is 1. The fraction of sp³-hybridized carbons (Fsp3) is 0.300. The van der Waals surface area contributed by atoms with Crippen molar-refractivity contribution in [3.8, 4) is 0 Å². The summed E-state index contributed by atoms with van der Waals surface area (Å²) in [5.41, 5.74) is 2.79. The maximum atomic E-state index is 12.7. The number of fused-ring (bicyclic) bond motifs is 1. The van der Waals surface area contributed by atoms with Gasteiger partial charge >= 0.3 is 0 Å². The fourth-order valence-corrected chi connectivity index (χ4v) is 3.34. The molecule has 0 aliphatic carbocycles. The van der Waals surface area contributed by atoms with Gasteiger partial charge in [0.2, 0.25) is 0 Å². The van der Waals surface area contributed by atoms with Crippen LogP contribution in [0.2, 0.25) is 5.02 Å². The molecule has 0 radical (unpaired) electrons. The van der Waals surface area contributed by atoms with Gasteiger partial charge in [0.15, 0.2) is 11.5 Å². The largest absolute Gasteiger partial charge is 0.440 e. The van der Waals surface area contributed by atoms with E-state index in [4.69, 9.17) is 20.8 Å². The number of aromatic nitrogens is 1. The number of halogens is 1. The van der Waals surface area contributed by atoms with E-state index in [9.17, 15) is 9.90 Å². The third-order valence-electron chi connectivity index (χ3n) is 4.79. The van der Waals surface area contributed by atoms with E-state index in [1.165, 1.54) is 4.90 Å². The lowest BCUT2D eigenvalue weighted by Crippen LogP contribution is -2.44. The van der Waals surface area contributed by atoms with Gasteiger partial charge in [-0.15, -0.1) is 0 Å². The molecule has 1 saturated heterocycles. The first kappa shape index (κ1) is 18.0. The Bertz CT molecular complexity index is 970. The molecular formula is C20H19ClN2O4. The number of rotatable bonds is 4. The Morgan fingerprint density at radius 3 is 2.74 bits per heavy atom. The fourth-order valence-electron chi connectivity index (χ4n) is 3.22. The highest BCUT2D eigenvalue weighted by molar-refractivity contribution is 6.30. The van der Waals surface area contributed by atoms with Gasteiger partial charge < -0.3 is 19.2 Å². The molecule has 0 bridgehead atoms. The van der Waals surface area contributed by atoms with E-state index in [1.54, 1.807) is 25.2 Å². The molecule has 1 fully saturated rings. The highest BCUT2D eigenvalue weighted by Crippen LogP contribution is 2.22. The van der Waals surface area contributed by atoms with Crippen LogP contribution in [0.5, 0.6) is 0 Å². The molecule has 4 rings (SSSR count). The van der Waals surface area contributed by atoms with Gasteiger partial charge in [-0.3, -0.25) is 4.79 Å². The molecule has 1 aliphatic rings. The van der Waals surface area contributed by atoms with Gasteiger partial charge in [-0.2, -0.15) is 0 Å². The van der Waals surface area contributed by atoms with Crippen LogP contribution >= 0.6 is 11.6 Å². The molecule has 2 heterocycles. The zero-order valence-corrected chi connectivity index (χ0v) is 15.5. The quantitative estimate of drug-likeness (QED) is 0.746. The Morgan fingerprint density at radius 1 is 1.26 bits per heavy atom. The van der Waals surface area contributed by atoms with Crippen LogP contribution in [0.4, 0.5) is 0 Å². The van der Waals surface area contributed by atoms with Crippen LogP contribution < -0.4 is 0 Å². The lowest BCUT2D eigenvalue weighted by atomic mass is 10.1. The number of hydrogen-bond donors (Lipinski definition) is 1. The number of nitrogens with zero attached hydrogens (tertiary/aromatic N) is 2. The molecule has 2 atom stereocenters. The number of likely N-dealkylation sites (N-methyl/N-ethyl adjacent to an activating group) is 1. The molecular weight excluding hydrogens is 368 g/mol. The van der Waals surface area contributed by atoms with Crippen LogP contribution in [0.15, 0.2) is 46.9 Å². The molecule has 6 nitrogen and oxygen atoms in total. The summed E-state index contributed by atoms with van der Waals surface area (Å²) in [5, 5.41) is 10.6. The molecule has 0 saturated carbocycles. The van der Waals surface area contributed by atoms with Gasteiger partial charge in [-0.05, 0) is 35.9 Å². The van der Waals surface area contributed by atoms with Crippen LogP contribution in [0.1, 0.15) is 21.8 Å². The van der Waals surface area contributed by atoms with E-state index in [-0.39, 0.29) is 18.6 Å². The smallest absolute Gasteiger partial charge is 0.254 e. The van der Waals surface area contributed by atoms with Crippen molar-refractivity contribution in [1.29, 1.82) is 0 Å². The van der Waals surface area contributed by atoms with Crippen molar-refractivity contribution in [2.24, 2.45) is 0 Å². The van der Waals surface area contributed by atoms with Crippen LogP contribution in [0.25, 0.3) is 11.1 Å². The Labute approximate surface area is 161 Å². The first-order chi connectivity index (χ1) is 13.0. The van der Waals surface area contributed by atoms with Crippen LogP contribution in [-0.4, -0.2) is 53.3 Å². The van der Waals surface area contributed by atoms with Crippen molar-refractivity contribution in [3.05, 3.63) is 64.5 Å². The number of carbonyl (C=O) groups excluding carboxylic acids is 1. The third-order valence-corrected chi connectivity index (χ3v) is 5.04. The highest BCUT2D eigenvalue weighted by Gasteiger charge is 2.32. The second-order valence-electron chi connectivity index (χ2n) is 6.68. The molecule has 3 aromatic rings. The number of amides is 1. The van der Waals surface area contributed by atoms with E-state index in [0.717, 1.165) is 5.56 Å². The molecule has 0 unspecified atom stereocenters. The Balaban J connectivity index is 1.55. The third kappa shape index (κ3) is 3.69. The van der Waals surface area contributed by atoms with Gasteiger partial charge in [-0.25, -0.2) is 4.98 Å². The van der Waals surface area contributed by atoms with Crippen molar-refractivity contribution < 1.29 is 19.1 Å². The van der Waals surface area contributed by atoms with E-state index >= 15 is 0 Å². The molecule has 140 valence electrons. The molecule has 0 spiro atoms. The predicted octanol–water partition coefficient (Wildman–Crippen LogP) is 2.90. The van der Waals surface area contributed by atoms with Crippen LogP contribution in [0, 0.1) is 0 Å². The minimum absolute atomic E-state index is 0.186. The zero-order valence-electron chi connectivity index (χ0n) is 14.8. The van der Waals surface area contributed by atoms with Gasteiger partial charge in [-0.1, -0.05) is 23.7 Å².